The second kappa shape index (κ2) is 67.6. The number of rotatable bonds is 69. The summed E-state index contributed by atoms with van der Waals surface area (Å²) in [5.74, 6) is -0.243. The number of hydrogen-bond acceptors (Lipinski definition) is 13. The lowest BCUT2D eigenvalue weighted by molar-refractivity contribution is -0.359. The first kappa shape index (κ1) is 91.5. The fourth-order valence-electron chi connectivity index (χ4n) is 13.4. The van der Waals surface area contributed by atoms with Gasteiger partial charge in [0, 0.05) is 6.42 Å². The van der Waals surface area contributed by atoms with Gasteiger partial charge in [0.1, 0.15) is 48.8 Å². The standard InChI is InChI=1S/C84H153NO13/c1-3-5-7-9-11-13-15-17-19-21-23-25-27-29-30-31-32-33-34-35-36-37-38-39-40-41-42-44-46-48-50-52-54-56-58-60-62-64-66-68-76(89)85-72(71-95-83-81(94)79(92)82(75(70-87)97-83)98-84-80(93)78(91)77(90)74(69-86)96-84)73(88)67-65-63-61-59-57-55-53-51-49-47-45-43-28-26-24-22-20-18-16-14-12-10-8-6-4-2/h5,7,11,13,17,19,23,25,57,59,65,67,72-75,77-84,86-88,90-94H,3-4,6,8-10,12,14-16,18,20-22,24,26-56,58,60-64,66,68-71H2,1-2H3,(H,85,89)/b7-5-,13-11-,19-17-,25-23-,59-57+,67-65+. The minimum Gasteiger partial charge on any atom is -0.394 e. The third kappa shape index (κ3) is 49.9. The second-order valence-electron chi connectivity index (χ2n) is 28.9. The van der Waals surface area contributed by atoms with Crippen molar-refractivity contribution < 1.29 is 64.6 Å². The molecule has 12 unspecified atom stereocenters. The summed E-state index contributed by atoms with van der Waals surface area (Å²) >= 11 is 0. The van der Waals surface area contributed by atoms with Crippen molar-refractivity contribution in [1.82, 2.24) is 5.32 Å². The number of hydrogen-bond donors (Lipinski definition) is 9. The Balaban J connectivity index is 1.58. The van der Waals surface area contributed by atoms with E-state index in [0.29, 0.717) is 12.8 Å². The second-order valence-corrected chi connectivity index (χ2v) is 28.9. The molecule has 0 bridgehead atoms. The van der Waals surface area contributed by atoms with E-state index in [0.717, 1.165) is 57.8 Å². The zero-order valence-electron chi connectivity index (χ0n) is 62.8. The molecule has 14 nitrogen and oxygen atoms in total. The molecule has 1 amide bonds. The summed E-state index contributed by atoms with van der Waals surface area (Å²) in [5, 5.41) is 87.7. The van der Waals surface area contributed by atoms with Crippen molar-refractivity contribution in [3.8, 4) is 0 Å². The van der Waals surface area contributed by atoms with E-state index in [1.807, 2.05) is 6.08 Å². The predicted octanol–water partition coefficient (Wildman–Crippen LogP) is 18.9. The summed E-state index contributed by atoms with van der Waals surface area (Å²) in [6, 6.07) is -0.934. The molecule has 9 N–H and O–H groups in total. The van der Waals surface area contributed by atoms with Gasteiger partial charge in [-0.05, 0) is 70.6 Å². The van der Waals surface area contributed by atoms with Crippen LogP contribution in [0.2, 0.25) is 0 Å². The quantitative estimate of drug-likeness (QED) is 0.0204. The number of carbonyl (C=O) groups is 1. The fraction of sp³-hybridized carbons (Fsp3) is 0.845. The van der Waals surface area contributed by atoms with Crippen LogP contribution in [0.25, 0.3) is 0 Å². The Bertz CT molecular complexity index is 1920. The Morgan fingerprint density at radius 3 is 1.12 bits per heavy atom. The third-order valence-corrected chi connectivity index (χ3v) is 19.9. The molecule has 0 aliphatic carbocycles. The molecule has 0 radical (unpaired) electrons. The maximum absolute atomic E-state index is 13.4. The molecule has 0 spiro atoms. The summed E-state index contributed by atoms with van der Waals surface area (Å²) in [4.78, 5) is 13.4. The number of amides is 1. The molecule has 2 saturated heterocycles. The highest BCUT2D eigenvalue weighted by atomic mass is 16.7. The van der Waals surface area contributed by atoms with Gasteiger partial charge in [0.15, 0.2) is 12.6 Å². The lowest BCUT2D eigenvalue weighted by Crippen LogP contribution is -2.65. The van der Waals surface area contributed by atoms with Gasteiger partial charge in [-0.3, -0.25) is 4.79 Å². The van der Waals surface area contributed by atoms with Crippen LogP contribution in [0.5, 0.6) is 0 Å². The van der Waals surface area contributed by atoms with Crippen molar-refractivity contribution in [2.45, 2.75) is 434 Å². The van der Waals surface area contributed by atoms with E-state index < -0.39 is 86.8 Å². The Labute approximate surface area is 599 Å². The van der Waals surface area contributed by atoms with E-state index in [1.54, 1.807) is 6.08 Å². The maximum atomic E-state index is 13.4. The number of aliphatic hydroxyl groups excluding tert-OH is 8. The number of unbranched alkanes of at least 4 members (excludes halogenated alkanes) is 46. The Kier molecular flexibility index (Phi) is 63.1. The topological polar surface area (TPSA) is 228 Å². The van der Waals surface area contributed by atoms with E-state index in [9.17, 15) is 45.6 Å². The summed E-state index contributed by atoms with van der Waals surface area (Å²) in [5.41, 5.74) is 0. The highest BCUT2D eigenvalue weighted by molar-refractivity contribution is 5.76. The average molecular weight is 1390 g/mol. The normalized spacial score (nSPS) is 22.4. The molecule has 0 aromatic carbocycles. The van der Waals surface area contributed by atoms with Crippen LogP contribution in [0.1, 0.15) is 361 Å². The molecule has 0 aromatic heterocycles. The van der Waals surface area contributed by atoms with Crippen molar-refractivity contribution >= 4 is 5.91 Å². The van der Waals surface area contributed by atoms with Crippen LogP contribution < -0.4 is 5.32 Å². The number of nitrogens with one attached hydrogen (secondary N) is 1. The first-order chi connectivity index (χ1) is 48.1. The summed E-state index contributed by atoms with van der Waals surface area (Å²) in [6.45, 7) is 2.72. The molecule has 98 heavy (non-hydrogen) atoms. The van der Waals surface area contributed by atoms with Crippen molar-refractivity contribution in [3.63, 3.8) is 0 Å². The number of carbonyl (C=O) groups excluding carboxylic acids is 1. The highest BCUT2D eigenvalue weighted by Crippen LogP contribution is 2.30. The van der Waals surface area contributed by atoms with Crippen LogP contribution >= 0.6 is 0 Å². The Morgan fingerprint density at radius 2 is 0.714 bits per heavy atom. The maximum Gasteiger partial charge on any atom is 0.220 e. The fourth-order valence-corrected chi connectivity index (χ4v) is 13.4. The van der Waals surface area contributed by atoms with E-state index in [-0.39, 0.29) is 18.9 Å². The Morgan fingerprint density at radius 1 is 0.378 bits per heavy atom. The van der Waals surface area contributed by atoms with Crippen molar-refractivity contribution in [3.05, 3.63) is 72.9 Å². The van der Waals surface area contributed by atoms with E-state index in [2.05, 4.69) is 79.9 Å². The van der Waals surface area contributed by atoms with Gasteiger partial charge in [0.05, 0.1) is 32.0 Å². The minimum atomic E-state index is -1.79. The van der Waals surface area contributed by atoms with Crippen molar-refractivity contribution in [1.29, 1.82) is 0 Å². The molecule has 12 atom stereocenters. The number of allylic oxidation sites excluding steroid dienone is 11. The van der Waals surface area contributed by atoms with Gasteiger partial charge in [0.25, 0.3) is 0 Å². The SMILES string of the molecule is CC/C=C\C/C=C\C/C=C\C/C=C\CCCCCCCCCCCCCCCCCCCCCCCCCCCCC(=O)NC(COC1OC(CO)C(OC2OC(CO)C(O)C(O)C2O)C(O)C1O)C(O)/C=C/CC/C=C/CCCCCCCCCCCCCCCCCCCCC. The van der Waals surface area contributed by atoms with Gasteiger partial charge in [-0.2, -0.15) is 0 Å². The van der Waals surface area contributed by atoms with Crippen LogP contribution in [0.15, 0.2) is 72.9 Å². The molecular formula is C84H153NO13. The van der Waals surface area contributed by atoms with E-state index in [1.165, 1.54) is 270 Å². The molecule has 2 aliphatic rings. The molecular weight excluding hydrogens is 1230 g/mol. The lowest BCUT2D eigenvalue weighted by atomic mass is 9.97. The van der Waals surface area contributed by atoms with Crippen molar-refractivity contribution in [2.75, 3.05) is 19.8 Å². The van der Waals surface area contributed by atoms with Crippen LogP contribution in [0, 0.1) is 0 Å². The molecule has 2 heterocycles. The van der Waals surface area contributed by atoms with Crippen molar-refractivity contribution in [2.24, 2.45) is 0 Å². The first-order valence-electron chi connectivity index (χ1n) is 41.2. The van der Waals surface area contributed by atoms with Gasteiger partial charge in [0.2, 0.25) is 5.91 Å². The van der Waals surface area contributed by atoms with Crippen LogP contribution in [0.3, 0.4) is 0 Å². The average Bonchev–Trinajstić information content (AvgIpc) is 0.793. The predicted molar refractivity (Wildman–Crippen MR) is 406 cm³/mol. The van der Waals surface area contributed by atoms with Crippen LogP contribution in [0.4, 0.5) is 0 Å². The third-order valence-electron chi connectivity index (χ3n) is 19.9. The van der Waals surface area contributed by atoms with Gasteiger partial charge in [-0.25, -0.2) is 0 Å². The first-order valence-corrected chi connectivity index (χ1v) is 41.2. The molecule has 14 heteroatoms. The lowest BCUT2D eigenvalue weighted by Gasteiger charge is -2.46. The van der Waals surface area contributed by atoms with Gasteiger partial charge in [-0.15, -0.1) is 0 Å². The zero-order chi connectivity index (χ0) is 70.8. The van der Waals surface area contributed by atoms with Crippen LogP contribution in [-0.4, -0.2) is 140 Å². The molecule has 2 aliphatic heterocycles. The zero-order valence-corrected chi connectivity index (χ0v) is 62.8. The minimum absolute atomic E-state index is 0.243. The molecule has 0 saturated carbocycles. The largest absolute Gasteiger partial charge is 0.394 e. The summed E-state index contributed by atoms with van der Waals surface area (Å²) in [7, 11) is 0. The monoisotopic (exact) mass is 1380 g/mol. The van der Waals surface area contributed by atoms with Crippen LogP contribution in [-0.2, 0) is 23.7 Å². The Hall–Kier alpha value is -2.57. The number of aliphatic hydroxyl groups is 8. The summed E-state index contributed by atoms with van der Waals surface area (Å²) in [6.07, 6.45) is 77.2. The molecule has 0 aromatic rings. The smallest absolute Gasteiger partial charge is 0.220 e. The molecule has 2 fully saturated rings. The van der Waals surface area contributed by atoms with E-state index >= 15 is 0 Å². The molecule has 572 valence electrons. The van der Waals surface area contributed by atoms with Gasteiger partial charge in [-0.1, -0.05) is 356 Å². The van der Waals surface area contributed by atoms with Gasteiger partial charge >= 0.3 is 0 Å². The molecule has 2 rings (SSSR count). The van der Waals surface area contributed by atoms with E-state index in [4.69, 9.17) is 18.9 Å². The highest BCUT2D eigenvalue weighted by Gasteiger charge is 2.51. The number of ether oxygens (including phenoxy) is 4. The van der Waals surface area contributed by atoms with Gasteiger partial charge < -0.3 is 65.1 Å². The summed E-state index contributed by atoms with van der Waals surface area (Å²) < 4.78 is 22.9.